The van der Waals surface area contributed by atoms with Crippen LogP contribution in [0.25, 0.3) is 11.2 Å². The molecule has 4 aliphatic carbocycles. The Morgan fingerprint density at radius 3 is 2.26 bits per heavy atom. The van der Waals surface area contributed by atoms with Crippen LogP contribution in [-0.2, 0) is 30.8 Å². The second-order valence-electron chi connectivity index (χ2n) is 11.2. The van der Waals surface area contributed by atoms with Crippen LogP contribution in [0.1, 0.15) is 56.9 Å². The van der Waals surface area contributed by atoms with Crippen molar-refractivity contribution in [1.29, 1.82) is 0 Å². The van der Waals surface area contributed by atoms with Gasteiger partial charge in [0, 0.05) is 32.7 Å². The van der Waals surface area contributed by atoms with Gasteiger partial charge in [0.25, 0.3) is 5.56 Å². The number of aryl methyl sites for hydroxylation is 2. The summed E-state index contributed by atoms with van der Waals surface area (Å²) in [6, 6.07) is 8.58. The summed E-state index contributed by atoms with van der Waals surface area (Å²) in [5.41, 5.74) is 2.63. The van der Waals surface area contributed by atoms with E-state index in [1.54, 1.807) is 17.9 Å². The molecule has 3 aromatic rings. The Morgan fingerprint density at radius 2 is 1.63 bits per heavy atom. The molecule has 4 saturated carbocycles. The van der Waals surface area contributed by atoms with Gasteiger partial charge in [0.05, 0.1) is 6.33 Å². The lowest BCUT2D eigenvalue weighted by molar-refractivity contribution is -0.116. The number of fused-ring (bicyclic) bond motifs is 1. The summed E-state index contributed by atoms with van der Waals surface area (Å²) in [6.07, 6.45) is 10.8. The Balaban J connectivity index is 1.08. The van der Waals surface area contributed by atoms with Crippen molar-refractivity contribution in [2.45, 2.75) is 63.3 Å². The number of hydrogen-bond donors (Lipinski definition) is 1. The molecule has 35 heavy (non-hydrogen) atoms. The highest BCUT2D eigenvalue weighted by atomic mass is 16.2. The summed E-state index contributed by atoms with van der Waals surface area (Å²) < 4.78 is 4.18. The van der Waals surface area contributed by atoms with Gasteiger partial charge in [0.15, 0.2) is 11.2 Å². The summed E-state index contributed by atoms with van der Waals surface area (Å²) in [6.45, 7) is 0.475. The zero-order valence-electron chi connectivity index (χ0n) is 20.5. The first kappa shape index (κ1) is 22.3. The van der Waals surface area contributed by atoms with Gasteiger partial charge in [-0.05, 0) is 85.8 Å². The van der Waals surface area contributed by atoms with Gasteiger partial charge >= 0.3 is 5.69 Å². The molecule has 2 aromatic heterocycles. The number of aromatic nitrogens is 4. The van der Waals surface area contributed by atoms with E-state index < -0.39 is 5.69 Å². The molecule has 0 radical (unpaired) electrons. The van der Waals surface area contributed by atoms with Crippen LogP contribution in [0.15, 0.2) is 40.2 Å². The van der Waals surface area contributed by atoms with Crippen LogP contribution < -0.4 is 16.6 Å². The lowest BCUT2D eigenvalue weighted by atomic mass is 9.48. The molecule has 0 atom stereocenters. The van der Waals surface area contributed by atoms with E-state index in [4.69, 9.17) is 0 Å². The third-order valence-corrected chi connectivity index (χ3v) is 8.84. The minimum Gasteiger partial charge on any atom is -0.326 e. The third-order valence-electron chi connectivity index (χ3n) is 8.84. The molecule has 8 heteroatoms. The molecule has 8 nitrogen and oxygen atoms in total. The topological polar surface area (TPSA) is 90.9 Å². The third kappa shape index (κ3) is 3.74. The average Bonchev–Trinajstić information content (AvgIpc) is 3.25. The number of imidazole rings is 1. The van der Waals surface area contributed by atoms with Gasteiger partial charge in [-0.1, -0.05) is 12.1 Å². The molecular formula is C27H33N5O3. The van der Waals surface area contributed by atoms with Crippen LogP contribution in [0.5, 0.6) is 0 Å². The fraction of sp³-hybridized carbons (Fsp3) is 0.556. The predicted octanol–water partition coefficient (Wildman–Crippen LogP) is 3.32. The van der Waals surface area contributed by atoms with Crippen LogP contribution in [0.3, 0.4) is 0 Å². The van der Waals surface area contributed by atoms with Crippen LogP contribution in [0.4, 0.5) is 5.69 Å². The minimum atomic E-state index is -0.402. The van der Waals surface area contributed by atoms with Crippen molar-refractivity contribution in [3.63, 3.8) is 0 Å². The van der Waals surface area contributed by atoms with Crippen LogP contribution in [0, 0.1) is 17.8 Å². The van der Waals surface area contributed by atoms with Gasteiger partial charge in [-0.15, -0.1) is 0 Å². The smallest absolute Gasteiger partial charge is 0.326 e. The number of carbonyl (C=O) groups is 1. The number of carbonyl (C=O) groups excluding carboxylic acids is 1. The summed E-state index contributed by atoms with van der Waals surface area (Å²) in [5, 5.41) is 3.02. The molecule has 1 N–H and O–H groups in total. The Morgan fingerprint density at radius 1 is 1.00 bits per heavy atom. The predicted molar refractivity (Wildman–Crippen MR) is 134 cm³/mol. The molecule has 184 valence electrons. The van der Waals surface area contributed by atoms with Crippen molar-refractivity contribution >= 4 is 22.8 Å². The molecule has 4 fully saturated rings. The van der Waals surface area contributed by atoms with E-state index in [-0.39, 0.29) is 11.5 Å². The van der Waals surface area contributed by atoms with Gasteiger partial charge in [0.1, 0.15) is 0 Å². The highest BCUT2D eigenvalue weighted by molar-refractivity contribution is 5.90. The first-order valence-corrected chi connectivity index (χ1v) is 12.8. The number of hydrogen-bond acceptors (Lipinski definition) is 4. The van der Waals surface area contributed by atoms with Crippen molar-refractivity contribution in [3.8, 4) is 0 Å². The lowest BCUT2D eigenvalue weighted by Crippen LogP contribution is -2.48. The quantitative estimate of drug-likeness (QED) is 0.592. The normalized spacial score (nSPS) is 27.0. The van der Waals surface area contributed by atoms with E-state index in [1.807, 2.05) is 0 Å². The number of amides is 1. The zero-order valence-corrected chi connectivity index (χ0v) is 20.5. The fourth-order valence-electron chi connectivity index (χ4n) is 7.57. The maximum atomic E-state index is 12.6. The summed E-state index contributed by atoms with van der Waals surface area (Å²) in [4.78, 5) is 41.5. The van der Waals surface area contributed by atoms with Crippen molar-refractivity contribution in [3.05, 3.63) is 57.0 Å². The lowest BCUT2D eigenvalue weighted by Gasteiger charge is -2.57. The van der Waals surface area contributed by atoms with Gasteiger partial charge in [-0.25, -0.2) is 9.78 Å². The van der Waals surface area contributed by atoms with Gasteiger partial charge in [0.2, 0.25) is 5.91 Å². The standard InChI is InChI=1S/C27H33N5O3/c1-30-24-23(25(34)31(2)26(30)35)32(16-28-24)9-3-4-22(33)29-21-7-5-20(6-8-21)27-13-17-10-18(14-27)12-19(11-17)15-27/h5-8,16-19H,3-4,9-15H2,1-2H3,(H,29,33). The molecule has 2 heterocycles. The van der Waals surface area contributed by atoms with Gasteiger partial charge in [-0.2, -0.15) is 0 Å². The highest BCUT2D eigenvalue weighted by Gasteiger charge is 2.51. The van der Waals surface area contributed by atoms with Gasteiger partial charge in [-0.3, -0.25) is 18.7 Å². The van der Waals surface area contributed by atoms with E-state index >= 15 is 0 Å². The number of rotatable bonds is 6. The molecule has 0 saturated heterocycles. The van der Waals surface area contributed by atoms with Crippen LogP contribution in [0.2, 0.25) is 0 Å². The Hall–Kier alpha value is -3.16. The van der Waals surface area contributed by atoms with E-state index in [9.17, 15) is 14.4 Å². The molecule has 1 aromatic carbocycles. The van der Waals surface area contributed by atoms with Crippen molar-refractivity contribution in [2.75, 3.05) is 5.32 Å². The van der Waals surface area contributed by atoms with Crippen molar-refractivity contribution in [1.82, 2.24) is 18.7 Å². The molecule has 1 amide bonds. The van der Waals surface area contributed by atoms with E-state index in [2.05, 4.69) is 34.6 Å². The number of benzene rings is 1. The summed E-state index contributed by atoms with van der Waals surface area (Å²) >= 11 is 0. The van der Waals surface area contributed by atoms with Crippen molar-refractivity contribution in [2.24, 2.45) is 31.8 Å². The number of nitrogens with zero attached hydrogens (tertiary/aromatic N) is 4. The Labute approximate surface area is 204 Å². The van der Waals surface area contributed by atoms with E-state index in [0.717, 1.165) is 28.0 Å². The van der Waals surface area contributed by atoms with E-state index in [1.165, 1.54) is 55.7 Å². The fourth-order valence-corrected chi connectivity index (χ4v) is 7.57. The average molecular weight is 476 g/mol. The highest BCUT2D eigenvalue weighted by Crippen LogP contribution is 2.60. The largest absolute Gasteiger partial charge is 0.332 e. The summed E-state index contributed by atoms with van der Waals surface area (Å²) in [5.74, 6) is 2.70. The Kier molecular flexibility index (Phi) is 5.23. The number of nitrogens with one attached hydrogen (secondary N) is 1. The van der Waals surface area contributed by atoms with E-state index in [0.29, 0.717) is 36.0 Å². The maximum Gasteiger partial charge on any atom is 0.332 e. The van der Waals surface area contributed by atoms with Crippen molar-refractivity contribution < 1.29 is 4.79 Å². The second kappa shape index (κ2) is 8.21. The molecule has 4 aliphatic rings. The van der Waals surface area contributed by atoms with Crippen LogP contribution in [-0.4, -0.2) is 24.6 Å². The molecule has 0 spiro atoms. The monoisotopic (exact) mass is 475 g/mol. The second-order valence-corrected chi connectivity index (χ2v) is 11.2. The maximum absolute atomic E-state index is 12.6. The molecule has 4 bridgehead atoms. The Bertz CT molecular complexity index is 1380. The molecular weight excluding hydrogens is 442 g/mol. The first-order chi connectivity index (χ1) is 16.8. The zero-order chi connectivity index (χ0) is 24.3. The summed E-state index contributed by atoms with van der Waals surface area (Å²) in [7, 11) is 3.06. The molecule has 0 unspecified atom stereocenters. The molecule has 0 aliphatic heterocycles. The van der Waals surface area contributed by atoms with Crippen LogP contribution >= 0.6 is 0 Å². The first-order valence-electron chi connectivity index (χ1n) is 12.8. The molecule has 7 rings (SSSR count). The number of anilines is 1. The SMILES string of the molecule is Cn1c(=O)c2c(ncn2CCCC(=O)Nc2ccc(C34CC5CC(CC(C5)C3)C4)cc2)n(C)c1=O. The minimum absolute atomic E-state index is 0.0442. The van der Waals surface area contributed by atoms with Gasteiger partial charge < -0.3 is 9.88 Å².